The number of likely N-dealkylation sites (tertiary alicyclic amines) is 1. The highest BCUT2D eigenvalue weighted by atomic mass is 35.5. The van der Waals surface area contributed by atoms with Gasteiger partial charge in [0.05, 0.1) is 18.2 Å². The van der Waals surface area contributed by atoms with Crippen molar-refractivity contribution in [2.45, 2.75) is 6.04 Å². The van der Waals surface area contributed by atoms with Crippen LogP contribution >= 0.6 is 11.6 Å². The van der Waals surface area contributed by atoms with Gasteiger partial charge in [-0.15, -0.1) is 0 Å². The molecule has 1 aliphatic heterocycles. The third-order valence-electron chi connectivity index (χ3n) is 4.11. The molecule has 2 aromatic carbocycles. The molecule has 0 radical (unpaired) electrons. The number of ketones is 1. The molecule has 128 valence electrons. The topological polar surface area (TPSA) is 77.8 Å². The number of hydrogen-bond acceptors (Lipinski definition) is 4. The summed E-state index contributed by atoms with van der Waals surface area (Å²) in [5.74, 6) is -1.75. The molecule has 1 unspecified atom stereocenters. The van der Waals surface area contributed by atoms with E-state index in [1.165, 1.54) is 4.90 Å². The lowest BCUT2D eigenvalue weighted by Crippen LogP contribution is -2.32. The van der Waals surface area contributed by atoms with Gasteiger partial charge in [0.1, 0.15) is 5.76 Å². The Kier molecular flexibility index (Phi) is 4.88. The van der Waals surface area contributed by atoms with Crippen molar-refractivity contribution in [1.29, 1.82) is 0 Å². The minimum Gasteiger partial charge on any atom is -0.507 e. The van der Waals surface area contributed by atoms with Gasteiger partial charge in [-0.25, -0.2) is 0 Å². The zero-order valence-corrected chi connectivity index (χ0v) is 14.0. The molecule has 1 saturated heterocycles. The summed E-state index contributed by atoms with van der Waals surface area (Å²) < 4.78 is 0. The van der Waals surface area contributed by atoms with Gasteiger partial charge in [-0.1, -0.05) is 54.1 Å². The second-order valence-electron chi connectivity index (χ2n) is 5.63. The molecule has 6 heteroatoms. The Labute approximate surface area is 149 Å². The van der Waals surface area contributed by atoms with Crippen LogP contribution in [-0.2, 0) is 9.59 Å². The van der Waals surface area contributed by atoms with Crippen LogP contribution in [0.3, 0.4) is 0 Å². The Bertz CT molecular complexity index is 830. The van der Waals surface area contributed by atoms with E-state index in [1.807, 2.05) is 0 Å². The summed E-state index contributed by atoms with van der Waals surface area (Å²) in [5, 5.41) is 20.5. The van der Waals surface area contributed by atoms with Crippen molar-refractivity contribution in [3.8, 4) is 0 Å². The highest BCUT2D eigenvalue weighted by Crippen LogP contribution is 2.39. The van der Waals surface area contributed by atoms with Gasteiger partial charge >= 0.3 is 0 Å². The summed E-state index contributed by atoms with van der Waals surface area (Å²) in [6.07, 6.45) is 0. The van der Waals surface area contributed by atoms with Crippen molar-refractivity contribution < 1.29 is 19.8 Å². The summed E-state index contributed by atoms with van der Waals surface area (Å²) in [6.45, 7) is -0.300. The van der Waals surface area contributed by atoms with E-state index >= 15 is 0 Å². The number of benzene rings is 2. The number of hydrogen-bond donors (Lipinski definition) is 2. The van der Waals surface area contributed by atoms with Gasteiger partial charge in [0.2, 0.25) is 0 Å². The monoisotopic (exact) mass is 357 g/mol. The van der Waals surface area contributed by atoms with E-state index in [0.29, 0.717) is 16.1 Å². The number of carbonyl (C=O) groups is 2. The zero-order valence-electron chi connectivity index (χ0n) is 13.2. The second kappa shape index (κ2) is 7.09. The maximum absolute atomic E-state index is 12.5. The summed E-state index contributed by atoms with van der Waals surface area (Å²) in [4.78, 5) is 26.2. The van der Waals surface area contributed by atoms with Crippen LogP contribution in [-0.4, -0.2) is 40.0 Å². The maximum Gasteiger partial charge on any atom is 0.295 e. The van der Waals surface area contributed by atoms with E-state index < -0.39 is 17.7 Å². The Balaban J connectivity index is 2.18. The number of aliphatic hydroxyl groups is 2. The minimum absolute atomic E-state index is 0.00646. The molecule has 1 fully saturated rings. The average molecular weight is 358 g/mol. The molecule has 1 atom stereocenters. The van der Waals surface area contributed by atoms with E-state index in [2.05, 4.69) is 0 Å². The van der Waals surface area contributed by atoms with Crippen LogP contribution in [0.15, 0.2) is 60.2 Å². The van der Waals surface area contributed by atoms with Gasteiger partial charge in [0.15, 0.2) is 0 Å². The van der Waals surface area contributed by atoms with Crippen molar-refractivity contribution in [1.82, 2.24) is 4.90 Å². The van der Waals surface area contributed by atoms with Gasteiger partial charge < -0.3 is 15.1 Å². The van der Waals surface area contributed by atoms with E-state index in [-0.39, 0.29) is 24.5 Å². The fourth-order valence-electron chi connectivity index (χ4n) is 2.96. The van der Waals surface area contributed by atoms with E-state index in [4.69, 9.17) is 11.6 Å². The van der Waals surface area contributed by atoms with Crippen LogP contribution in [0.1, 0.15) is 17.2 Å². The van der Waals surface area contributed by atoms with Crippen LogP contribution in [0, 0.1) is 0 Å². The number of amides is 1. The second-order valence-corrected chi connectivity index (χ2v) is 6.07. The fraction of sp³-hybridized carbons (Fsp3) is 0.158. The SMILES string of the molecule is O=C1C(=O)N(CCO)C(c2ccc(Cl)cc2)C1=C(O)c1ccccc1. The molecule has 1 heterocycles. The molecule has 0 aromatic heterocycles. The smallest absolute Gasteiger partial charge is 0.295 e. The molecule has 0 saturated carbocycles. The molecular formula is C19H16ClNO4. The van der Waals surface area contributed by atoms with Crippen LogP contribution in [0.2, 0.25) is 5.02 Å². The van der Waals surface area contributed by atoms with Crippen LogP contribution < -0.4 is 0 Å². The number of halogens is 1. The number of rotatable bonds is 4. The number of aliphatic hydroxyl groups excluding tert-OH is 2. The van der Waals surface area contributed by atoms with Crippen LogP contribution in [0.5, 0.6) is 0 Å². The molecule has 2 N–H and O–H groups in total. The van der Waals surface area contributed by atoms with Gasteiger partial charge in [-0.05, 0) is 17.7 Å². The third kappa shape index (κ3) is 3.16. The number of nitrogens with zero attached hydrogens (tertiary/aromatic N) is 1. The van der Waals surface area contributed by atoms with Gasteiger partial charge in [0.25, 0.3) is 11.7 Å². The molecule has 1 amide bonds. The first-order valence-electron chi connectivity index (χ1n) is 7.74. The first-order chi connectivity index (χ1) is 12.0. The molecule has 3 rings (SSSR count). The van der Waals surface area contributed by atoms with Crippen molar-refractivity contribution in [3.63, 3.8) is 0 Å². The molecule has 1 aliphatic rings. The normalized spacial score (nSPS) is 19.4. The van der Waals surface area contributed by atoms with E-state index in [1.54, 1.807) is 54.6 Å². The van der Waals surface area contributed by atoms with Crippen molar-refractivity contribution in [2.75, 3.05) is 13.2 Å². The third-order valence-corrected chi connectivity index (χ3v) is 4.37. The number of carbonyl (C=O) groups excluding carboxylic acids is 2. The predicted molar refractivity (Wildman–Crippen MR) is 94.0 cm³/mol. The lowest BCUT2D eigenvalue weighted by atomic mass is 9.95. The first-order valence-corrected chi connectivity index (χ1v) is 8.12. The molecule has 2 aromatic rings. The molecule has 0 spiro atoms. The standard InChI is InChI=1S/C19H16ClNO4/c20-14-8-6-12(7-9-14)16-15(17(23)13-4-2-1-3-5-13)18(24)19(25)21(16)10-11-22/h1-9,16,22-23H,10-11H2. The summed E-state index contributed by atoms with van der Waals surface area (Å²) >= 11 is 5.92. The lowest BCUT2D eigenvalue weighted by Gasteiger charge is -2.24. The van der Waals surface area contributed by atoms with E-state index in [9.17, 15) is 19.8 Å². The fourth-order valence-corrected chi connectivity index (χ4v) is 3.09. The average Bonchev–Trinajstić information content (AvgIpc) is 2.88. The summed E-state index contributed by atoms with van der Waals surface area (Å²) in [7, 11) is 0. The Morgan fingerprint density at radius 3 is 2.28 bits per heavy atom. The van der Waals surface area contributed by atoms with E-state index in [0.717, 1.165) is 0 Å². The van der Waals surface area contributed by atoms with Crippen LogP contribution in [0.25, 0.3) is 5.76 Å². The molecule has 25 heavy (non-hydrogen) atoms. The molecule has 0 aliphatic carbocycles. The quantitative estimate of drug-likeness (QED) is 0.501. The van der Waals surface area contributed by atoms with Gasteiger partial charge in [-0.2, -0.15) is 0 Å². The van der Waals surface area contributed by atoms with Gasteiger partial charge in [0, 0.05) is 17.1 Å². The molecule has 5 nitrogen and oxygen atoms in total. The predicted octanol–water partition coefficient (Wildman–Crippen LogP) is 2.75. The largest absolute Gasteiger partial charge is 0.507 e. The van der Waals surface area contributed by atoms with Crippen molar-refractivity contribution in [2.24, 2.45) is 0 Å². The minimum atomic E-state index is -0.773. The lowest BCUT2D eigenvalue weighted by molar-refractivity contribution is -0.140. The first kappa shape index (κ1) is 17.2. The molecular weight excluding hydrogens is 342 g/mol. The summed E-state index contributed by atoms with van der Waals surface area (Å²) in [5.41, 5.74) is 1.09. The Morgan fingerprint density at radius 2 is 1.68 bits per heavy atom. The van der Waals surface area contributed by atoms with Crippen LogP contribution in [0.4, 0.5) is 0 Å². The zero-order chi connectivity index (χ0) is 18.0. The number of β-amino-alcohol motifs (C(OH)–C–C–N with tert-alkyl or cyclic N) is 1. The highest BCUT2D eigenvalue weighted by molar-refractivity contribution is 6.46. The number of Topliss-reactive ketones (excluding diaryl/α,β-unsaturated/α-hetero) is 1. The maximum atomic E-state index is 12.5. The van der Waals surface area contributed by atoms with Gasteiger partial charge in [-0.3, -0.25) is 9.59 Å². The Morgan fingerprint density at radius 1 is 1.04 bits per heavy atom. The van der Waals surface area contributed by atoms with Crippen molar-refractivity contribution in [3.05, 3.63) is 76.3 Å². The Hall–Kier alpha value is -2.63. The molecule has 0 bridgehead atoms. The van der Waals surface area contributed by atoms with Crippen molar-refractivity contribution >= 4 is 29.1 Å². The summed E-state index contributed by atoms with van der Waals surface area (Å²) in [6, 6.07) is 14.5. The highest BCUT2D eigenvalue weighted by Gasteiger charge is 2.45.